The maximum absolute atomic E-state index is 13.3. The summed E-state index contributed by atoms with van der Waals surface area (Å²) in [6.07, 6.45) is 2.13. The number of nitrogens with one attached hydrogen (secondary N) is 1. The van der Waals surface area contributed by atoms with Crippen LogP contribution in [0.3, 0.4) is 0 Å². The maximum atomic E-state index is 13.3. The van der Waals surface area contributed by atoms with Crippen molar-refractivity contribution in [3.8, 4) is 0 Å². The third-order valence-electron chi connectivity index (χ3n) is 3.40. The fourth-order valence-electron chi connectivity index (χ4n) is 1.96. The van der Waals surface area contributed by atoms with Gasteiger partial charge in [0.1, 0.15) is 11.5 Å². The van der Waals surface area contributed by atoms with Gasteiger partial charge in [0.25, 0.3) is 5.91 Å². The van der Waals surface area contributed by atoms with E-state index in [1.54, 1.807) is 12.1 Å². The maximum Gasteiger partial charge on any atom is 0.356 e. The minimum Gasteiger partial charge on any atom is -0.476 e. The molecule has 1 heterocycles. The Balaban J connectivity index is 2.04. The molecule has 23 heavy (non-hydrogen) atoms. The monoisotopic (exact) mass is 317 g/mol. The summed E-state index contributed by atoms with van der Waals surface area (Å²) in [6.45, 7) is 4.01. The highest BCUT2D eigenvalue weighted by Crippen LogP contribution is 2.22. The van der Waals surface area contributed by atoms with E-state index in [1.165, 1.54) is 12.1 Å². The van der Waals surface area contributed by atoms with Gasteiger partial charge in [0.2, 0.25) is 0 Å². The van der Waals surface area contributed by atoms with Crippen LogP contribution in [-0.2, 0) is 5.41 Å². The largest absolute Gasteiger partial charge is 0.476 e. The lowest BCUT2D eigenvalue weighted by Crippen LogP contribution is -2.37. The van der Waals surface area contributed by atoms with Gasteiger partial charge < -0.3 is 10.4 Å². The SMILES string of the molecule is CC(C)(CNC(=O)c1cnc(C(=O)O)cn1)c1cccc(F)c1. The van der Waals surface area contributed by atoms with Gasteiger partial charge in [0.05, 0.1) is 12.4 Å². The van der Waals surface area contributed by atoms with E-state index in [0.29, 0.717) is 0 Å². The molecular formula is C16H16FN3O3. The predicted octanol–water partition coefficient (Wildman–Crippen LogP) is 2.02. The third-order valence-corrected chi connectivity index (χ3v) is 3.40. The van der Waals surface area contributed by atoms with Crippen molar-refractivity contribution < 1.29 is 19.1 Å². The van der Waals surface area contributed by atoms with Crippen LogP contribution in [0.15, 0.2) is 36.7 Å². The molecule has 0 aliphatic carbocycles. The first-order valence-electron chi connectivity index (χ1n) is 6.89. The first kappa shape index (κ1) is 16.5. The quantitative estimate of drug-likeness (QED) is 0.880. The number of benzene rings is 1. The number of carbonyl (C=O) groups is 2. The highest BCUT2D eigenvalue weighted by Gasteiger charge is 2.22. The Morgan fingerprint density at radius 2 is 1.87 bits per heavy atom. The van der Waals surface area contributed by atoms with Gasteiger partial charge in [0, 0.05) is 12.0 Å². The topological polar surface area (TPSA) is 92.2 Å². The number of rotatable bonds is 5. The molecule has 120 valence electrons. The van der Waals surface area contributed by atoms with E-state index in [9.17, 15) is 14.0 Å². The Kier molecular flexibility index (Phi) is 4.68. The number of amides is 1. The first-order chi connectivity index (χ1) is 10.8. The molecule has 2 rings (SSSR count). The first-order valence-corrected chi connectivity index (χ1v) is 6.89. The lowest BCUT2D eigenvalue weighted by molar-refractivity contribution is 0.0689. The van der Waals surface area contributed by atoms with Crippen LogP contribution in [0.1, 0.15) is 40.4 Å². The molecule has 0 atom stereocenters. The number of aromatic nitrogens is 2. The molecule has 1 aromatic carbocycles. The lowest BCUT2D eigenvalue weighted by Gasteiger charge is -2.25. The van der Waals surface area contributed by atoms with Gasteiger partial charge in [-0.25, -0.2) is 19.2 Å². The zero-order valence-electron chi connectivity index (χ0n) is 12.7. The van der Waals surface area contributed by atoms with Crippen molar-refractivity contribution in [2.24, 2.45) is 0 Å². The molecule has 2 N–H and O–H groups in total. The Hall–Kier alpha value is -2.83. The van der Waals surface area contributed by atoms with E-state index in [0.717, 1.165) is 18.0 Å². The average Bonchev–Trinajstić information content (AvgIpc) is 2.53. The number of hydrogen-bond acceptors (Lipinski definition) is 4. The predicted molar refractivity (Wildman–Crippen MR) is 80.8 cm³/mol. The van der Waals surface area contributed by atoms with Crippen molar-refractivity contribution >= 4 is 11.9 Å². The summed E-state index contributed by atoms with van der Waals surface area (Å²) in [5.74, 6) is -2.02. The van der Waals surface area contributed by atoms with Gasteiger partial charge >= 0.3 is 5.97 Å². The molecule has 2 aromatic rings. The molecular weight excluding hydrogens is 301 g/mol. The average molecular weight is 317 g/mol. The summed E-state index contributed by atoms with van der Waals surface area (Å²) in [5.41, 5.74) is 0.0587. The molecule has 0 fully saturated rings. The Labute approximate surface area is 132 Å². The molecule has 0 spiro atoms. The van der Waals surface area contributed by atoms with Crippen LogP contribution in [0, 0.1) is 5.82 Å². The number of hydrogen-bond donors (Lipinski definition) is 2. The highest BCUT2D eigenvalue weighted by molar-refractivity contribution is 5.92. The minimum atomic E-state index is -1.21. The fraction of sp³-hybridized carbons (Fsp3) is 0.250. The number of aromatic carboxylic acids is 1. The summed E-state index contributed by atoms with van der Waals surface area (Å²) >= 11 is 0. The number of carbonyl (C=O) groups excluding carboxylic acids is 1. The van der Waals surface area contributed by atoms with Crippen molar-refractivity contribution in [3.05, 3.63) is 59.4 Å². The summed E-state index contributed by atoms with van der Waals surface area (Å²) < 4.78 is 13.3. The van der Waals surface area contributed by atoms with E-state index in [-0.39, 0.29) is 23.7 Å². The van der Waals surface area contributed by atoms with Crippen molar-refractivity contribution in [3.63, 3.8) is 0 Å². The molecule has 0 saturated carbocycles. The molecule has 0 unspecified atom stereocenters. The van der Waals surface area contributed by atoms with E-state index in [4.69, 9.17) is 5.11 Å². The molecule has 0 saturated heterocycles. The van der Waals surface area contributed by atoms with Gasteiger partial charge in [-0.05, 0) is 17.7 Å². The minimum absolute atomic E-state index is 0.0186. The summed E-state index contributed by atoms with van der Waals surface area (Å²) in [6, 6.07) is 6.19. The van der Waals surface area contributed by atoms with Gasteiger partial charge in [-0.3, -0.25) is 4.79 Å². The van der Waals surface area contributed by atoms with Gasteiger partial charge in [-0.2, -0.15) is 0 Å². The third kappa shape index (κ3) is 4.09. The normalized spacial score (nSPS) is 11.1. The molecule has 0 aliphatic rings. The second kappa shape index (κ2) is 6.51. The van der Waals surface area contributed by atoms with E-state index in [2.05, 4.69) is 15.3 Å². The molecule has 0 aliphatic heterocycles. The Morgan fingerprint density at radius 1 is 1.22 bits per heavy atom. The summed E-state index contributed by atoms with van der Waals surface area (Å²) in [7, 11) is 0. The van der Waals surface area contributed by atoms with Crippen LogP contribution < -0.4 is 5.32 Å². The van der Waals surface area contributed by atoms with Crippen LogP contribution in [0.25, 0.3) is 0 Å². The Morgan fingerprint density at radius 3 is 2.43 bits per heavy atom. The van der Waals surface area contributed by atoms with Crippen molar-refractivity contribution in [2.75, 3.05) is 6.54 Å². The van der Waals surface area contributed by atoms with E-state index >= 15 is 0 Å². The number of carboxylic acid groups (broad SMARTS) is 1. The number of nitrogens with zero attached hydrogens (tertiary/aromatic N) is 2. The summed E-state index contributed by atoms with van der Waals surface area (Å²) in [5, 5.41) is 11.4. The molecule has 0 radical (unpaired) electrons. The second-order valence-electron chi connectivity index (χ2n) is 5.67. The molecule has 6 nitrogen and oxygen atoms in total. The van der Waals surface area contributed by atoms with Crippen LogP contribution in [0.2, 0.25) is 0 Å². The molecule has 0 bridgehead atoms. The van der Waals surface area contributed by atoms with Crippen LogP contribution >= 0.6 is 0 Å². The fourth-order valence-corrected chi connectivity index (χ4v) is 1.96. The lowest BCUT2D eigenvalue weighted by atomic mass is 9.84. The van der Waals surface area contributed by atoms with Crippen molar-refractivity contribution in [1.29, 1.82) is 0 Å². The van der Waals surface area contributed by atoms with Gasteiger partial charge in [-0.1, -0.05) is 26.0 Å². The summed E-state index contributed by atoms with van der Waals surface area (Å²) in [4.78, 5) is 30.1. The van der Waals surface area contributed by atoms with Crippen LogP contribution in [0.5, 0.6) is 0 Å². The zero-order chi connectivity index (χ0) is 17.0. The molecule has 7 heteroatoms. The highest BCUT2D eigenvalue weighted by atomic mass is 19.1. The van der Waals surface area contributed by atoms with Crippen LogP contribution in [0.4, 0.5) is 4.39 Å². The second-order valence-corrected chi connectivity index (χ2v) is 5.67. The smallest absolute Gasteiger partial charge is 0.356 e. The molecule has 1 amide bonds. The number of carboxylic acids is 1. The van der Waals surface area contributed by atoms with Crippen molar-refractivity contribution in [2.45, 2.75) is 19.3 Å². The number of halogens is 1. The Bertz CT molecular complexity index is 730. The van der Waals surface area contributed by atoms with Gasteiger partial charge in [-0.15, -0.1) is 0 Å². The molecule has 1 aromatic heterocycles. The van der Waals surface area contributed by atoms with Gasteiger partial charge in [0.15, 0.2) is 5.69 Å². The van der Waals surface area contributed by atoms with Crippen LogP contribution in [-0.4, -0.2) is 33.5 Å². The van der Waals surface area contributed by atoms with E-state index in [1.807, 2.05) is 13.8 Å². The standard InChI is InChI=1S/C16H16FN3O3/c1-16(2,10-4-3-5-11(17)6-10)9-20-14(21)12-7-19-13(8-18-12)15(22)23/h3-8H,9H2,1-2H3,(H,20,21)(H,22,23). The zero-order valence-corrected chi connectivity index (χ0v) is 12.7. The van der Waals surface area contributed by atoms with E-state index < -0.39 is 17.3 Å². The van der Waals surface area contributed by atoms with Crippen molar-refractivity contribution in [1.82, 2.24) is 15.3 Å².